The van der Waals surface area contributed by atoms with Crippen molar-refractivity contribution in [1.29, 1.82) is 0 Å². The molecule has 0 unspecified atom stereocenters. The maximum Gasteiger partial charge on any atom is 0.145 e. The topological polar surface area (TPSA) is 23.0 Å². The van der Waals surface area contributed by atoms with Gasteiger partial charge in [-0.15, -0.1) is 0 Å². The molecule has 11 aromatic carbocycles. The monoisotopic (exact) mass is 800 g/mol. The normalized spacial score (nSPS) is 12.1. The zero-order chi connectivity index (χ0) is 41.2. The molecular formula is C60H36N2O. The van der Waals surface area contributed by atoms with Gasteiger partial charge >= 0.3 is 0 Å². The van der Waals surface area contributed by atoms with Crippen LogP contribution in [0.4, 0.5) is 0 Å². The third-order valence-electron chi connectivity index (χ3n) is 13.5. The molecule has 0 fully saturated rings. The van der Waals surface area contributed by atoms with Crippen molar-refractivity contribution in [2.75, 3.05) is 0 Å². The average molecular weight is 801 g/mol. The van der Waals surface area contributed by atoms with Crippen molar-refractivity contribution in [2.24, 2.45) is 0 Å². The first-order valence-electron chi connectivity index (χ1n) is 21.7. The molecule has 3 heterocycles. The molecule has 0 saturated heterocycles. The summed E-state index contributed by atoms with van der Waals surface area (Å²) in [7, 11) is 0. The fraction of sp³-hybridized carbons (Fsp3) is 0. The van der Waals surface area contributed by atoms with Crippen molar-refractivity contribution in [3.63, 3.8) is 0 Å². The van der Waals surface area contributed by atoms with Gasteiger partial charge in [0.1, 0.15) is 11.2 Å². The Morgan fingerprint density at radius 1 is 0.270 bits per heavy atom. The molecule has 292 valence electrons. The molecule has 3 nitrogen and oxygen atoms in total. The largest absolute Gasteiger partial charge is 0.455 e. The molecule has 14 rings (SSSR count). The van der Waals surface area contributed by atoms with Gasteiger partial charge in [-0.3, -0.25) is 0 Å². The molecule has 63 heavy (non-hydrogen) atoms. The van der Waals surface area contributed by atoms with Gasteiger partial charge in [0, 0.05) is 38.3 Å². The highest BCUT2D eigenvalue weighted by Crippen LogP contribution is 2.46. The number of aromatic nitrogens is 2. The van der Waals surface area contributed by atoms with Crippen molar-refractivity contribution < 1.29 is 4.42 Å². The predicted octanol–water partition coefficient (Wildman–Crippen LogP) is 16.6. The smallest absolute Gasteiger partial charge is 0.145 e. The van der Waals surface area contributed by atoms with E-state index in [4.69, 9.17) is 4.42 Å². The lowest BCUT2D eigenvalue weighted by atomic mass is 9.92. The van der Waals surface area contributed by atoms with E-state index in [-0.39, 0.29) is 0 Å². The molecule has 0 aliphatic heterocycles. The van der Waals surface area contributed by atoms with E-state index in [9.17, 15) is 0 Å². The van der Waals surface area contributed by atoms with Gasteiger partial charge in [0.25, 0.3) is 0 Å². The average Bonchev–Trinajstić information content (AvgIpc) is 4.02. The maximum atomic E-state index is 6.80. The predicted molar refractivity (Wildman–Crippen MR) is 266 cm³/mol. The summed E-state index contributed by atoms with van der Waals surface area (Å²) in [6.45, 7) is 0. The minimum absolute atomic E-state index is 0.901. The molecule has 0 atom stereocenters. The van der Waals surface area contributed by atoms with Gasteiger partial charge in [0.15, 0.2) is 0 Å². The number of para-hydroxylation sites is 2. The molecule has 0 radical (unpaired) electrons. The molecule has 0 bridgehead atoms. The van der Waals surface area contributed by atoms with Crippen molar-refractivity contribution in [2.45, 2.75) is 0 Å². The van der Waals surface area contributed by atoms with Crippen LogP contribution < -0.4 is 0 Å². The van der Waals surface area contributed by atoms with E-state index in [0.717, 1.165) is 49.7 Å². The van der Waals surface area contributed by atoms with Gasteiger partial charge in [-0.25, -0.2) is 0 Å². The van der Waals surface area contributed by atoms with E-state index in [1.165, 1.54) is 81.8 Å². The number of furan rings is 1. The molecule has 0 saturated carbocycles. The van der Waals surface area contributed by atoms with Gasteiger partial charge in [-0.1, -0.05) is 152 Å². The summed E-state index contributed by atoms with van der Waals surface area (Å²) in [5.41, 5.74) is 13.5. The second-order valence-electron chi connectivity index (χ2n) is 16.8. The summed E-state index contributed by atoms with van der Waals surface area (Å²) in [4.78, 5) is 0. The first kappa shape index (κ1) is 34.3. The van der Waals surface area contributed by atoms with Crippen LogP contribution >= 0.6 is 0 Å². The summed E-state index contributed by atoms with van der Waals surface area (Å²) >= 11 is 0. The van der Waals surface area contributed by atoms with E-state index >= 15 is 0 Å². The zero-order valence-corrected chi connectivity index (χ0v) is 34.1. The zero-order valence-electron chi connectivity index (χ0n) is 34.1. The van der Waals surface area contributed by atoms with Crippen LogP contribution in [-0.2, 0) is 0 Å². The van der Waals surface area contributed by atoms with Gasteiger partial charge in [-0.2, -0.15) is 0 Å². The van der Waals surface area contributed by atoms with E-state index in [1.54, 1.807) is 0 Å². The third-order valence-corrected chi connectivity index (χ3v) is 13.5. The quantitative estimate of drug-likeness (QED) is 0.163. The summed E-state index contributed by atoms with van der Waals surface area (Å²) in [5, 5.41) is 14.7. The molecule has 0 N–H and O–H groups in total. The number of benzene rings is 11. The van der Waals surface area contributed by atoms with E-state index in [2.05, 4.69) is 228 Å². The Bertz CT molecular complexity index is 4130. The van der Waals surface area contributed by atoms with Crippen molar-refractivity contribution >= 4 is 97.9 Å². The standard InChI is InChI=1S/C60H36N2O/c1-2-12-37(13-3-1)38-22-27-41(28-23-38)61-53-20-10-8-19-50(53)57-54(61)35-33-51-58-55(34-32-49-48-18-9-11-21-56(48)63-60(49)58)62(59(51)57)42-29-24-39(25-30-42)40-26-31-47-45-16-5-4-14-43(45)44-15-6-7-17-46(44)52(47)36-40/h1-36H. The summed E-state index contributed by atoms with van der Waals surface area (Å²) in [5.74, 6) is 0. The summed E-state index contributed by atoms with van der Waals surface area (Å²) in [6, 6.07) is 79.7. The van der Waals surface area contributed by atoms with Crippen molar-refractivity contribution in [3.8, 4) is 33.6 Å². The lowest BCUT2D eigenvalue weighted by Crippen LogP contribution is -1.95. The molecule has 3 aromatic heterocycles. The lowest BCUT2D eigenvalue weighted by molar-refractivity contribution is 0.673. The fourth-order valence-electron chi connectivity index (χ4n) is 10.7. The minimum Gasteiger partial charge on any atom is -0.455 e. The second kappa shape index (κ2) is 13.1. The van der Waals surface area contributed by atoms with Crippen LogP contribution in [0.3, 0.4) is 0 Å². The van der Waals surface area contributed by atoms with Crippen LogP contribution in [0.15, 0.2) is 223 Å². The van der Waals surface area contributed by atoms with E-state index < -0.39 is 0 Å². The molecule has 0 aliphatic carbocycles. The van der Waals surface area contributed by atoms with Crippen molar-refractivity contribution in [1.82, 2.24) is 9.13 Å². The Kier molecular flexibility index (Phi) is 7.11. The highest BCUT2D eigenvalue weighted by molar-refractivity contribution is 6.31. The Balaban J connectivity index is 1.01. The van der Waals surface area contributed by atoms with Crippen molar-refractivity contribution in [3.05, 3.63) is 218 Å². The van der Waals surface area contributed by atoms with Crippen LogP contribution in [0.1, 0.15) is 0 Å². The second-order valence-corrected chi connectivity index (χ2v) is 16.8. The van der Waals surface area contributed by atoms with Gasteiger partial charge in [0.2, 0.25) is 0 Å². The highest BCUT2D eigenvalue weighted by atomic mass is 16.3. The Hall–Kier alpha value is -8.40. The number of hydrogen-bond acceptors (Lipinski definition) is 1. The fourth-order valence-corrected chi connectivity index (χ4v) is 10.7. The minimum atomic E-state index is 0.901. The summed E-state index contributed by atoms with van der Waals surface area (Å²) in [6.07, 6.45) is 0. The maximum absolute atomic E-state index is 6.80. The van der Waals surface area contributed by atoms with Gasteiger partial charge in [-0.05, 0) is 121 Å². The van der Waals surface area contributed by atoms with Crippen LogP contribution in [-0.4, -0.2) is 9.13 Å². The van der Waals surface area contributed by atoms with Gasteiger partial charge in [0.05, 0.1) is 27.5 Å². The molecular weight excluding hydrogens is 765 g/mol. The highest BCUT2D eigenvalue weighted by Gasteiger charge is 2.24. The van der Waals surface area contributed by atoms with Crippen LogP contribution in [0.5, 0.6) is 0 Å². The summed E-state index contributed by atoms with van der Waals surface area (Å²) < 4.78 is 11.7. The van der Waals surface area contributed by atoms with Crippen LogP contribution in [0, 0.1) is 0 Å². The number of fused-ring (bicyclic) bond motifs is 17. The molecule has 14 aromatic rings. The third kappa shape index (κ3) is 4.90. The van der Waals surface area contributed by atoms with Gasteiger partial charge < -0.3 is 13.6 Å². The number of nitrogens with zero attached hydrogens (tertiary/aromatic N) is 2. The van der Waals surface area contributed by atoms with E-state index in [1.807, 2.05) is 0 Å². The SMILES string of the molecule is c1ccc(-c2ccc(-n3c4ccccc4c4c3ccc3c5c6oc7ccccc7c6ccc5n(-c5ccc(-c6ccc7c8ccccc8c8ccccc8c7c6)cc5)c34)cc2)cc1. The molecule has 3 heteroatoms. The van der Waals surface area contributed by atoms with Crippen LogP contribution in [0.25, 0.3) is 131 Å². The van der Waals surface area contributed by atoms with Crippen LogP contribution in [0.2, 0.25) is 0 Å². The first-order valence-corrected chi connectivity index (χ1v) is 21.7. The lowest BCUT2D eigenvalue weighted by Gasteiger charge is -2.13. The molecule has 0 spiro atoms. The first-order chi connectivity index (χ1) is 31.3. The number of hydrogen-bond donors (Lipinski definition) is 0. The molecule has 0 amide bonds. The molecule has 0 aliphatic rings. The van der Waals surface area contributed by atoms with E-state index in [0.29, 0.717) is 0 Å². The Morgan fingerprint density at radius 2 is 0.746 bits per heavy atom. The Morgan fingerprint density at radius 3 is 1.44 bits per heavy atom. The Labute approximate surface area is 361 Å². The number of rotatable bonds is 4.